The van der Waals surface area contributed by atoms with Gasteiger partial charge >= 0.3 is 17.9 Å². The van der Waals surface area contributed by atoms with Crippen molar-refractivity contribution in [3.63, 3.8) is 0 Å². The molecule has 2 atom stereocenters. The maximum atomic E-state index is 13.0. The first kappa shape index (κ1) is 82.4. The Morgan fingerprint density at radius 2 is 0.655 bits per heavy atom. The number of unbranched alkanes of at least 4 members (excludes halogenated alkanes) is 27. The molecule has 0 aromatic rings. The SMILES string of the molecule is CC/C=C\C/C=C\C/C=C\C/C=C\C/C=C\C/C=C\C/C=C\C/C=C\CCCCCCCCCCCCCCC(=O)OC(COC(=O)CCCCCCCCCCCC/C=C\C/C=C\C/C=C\CCCCCCC)COC(OCC[N+](C)(C)C)C(=O)O. The fraction of sp³-hybridized carbons (Fsp3) is 0.679. The molecule has 0 rings (SSSR count). The Balaban J connectivity index is 4.15. The number of aliphatic carboxylic acids is 1. The maximum Gasteiger partial charge on any atom is 0.361 e. The fourth-order valence-electron chi connectivity index (χ4n) is 9.51. The average Bonchev–Trinajstić information content (AvgIpc) is 3.57. The molecule has 0 amide bonds. The van der Waals surface area contributed by atoms with Crippen LogP contribution in [0.5, 0.6) is 0 Å². The number of carbonyl (C=O) groups excluding carboxylic acids is 2. The van der Waals surface area contributed by atoms with E-state index in [9.17, 15) is 19.5 Å². The molecular formula is C78H132NO8+. The van der Waals surface area contributed by atoms with Crippen molar-refractivity contribution in [2.24, 2.45) is 0 Å². The van der Waals surface area contributed by atoms with E-state index in [0.717, 1.165) is 103 Å². The van der Waals surface area contributed by atoms with Gasteiger partial charge in [0, 0.05) is 12.8 Å². The summed E-state index contributed by atoms with van der Waals surface area (Å²) in [5, 5.41) is 9.75. The molecule has 0 aliphatic heterocycles. The number of rotatable bonds is 64. The van der Waals surface area contributed by atoms with E-state index in [1.807, 2.05) is 21.1 Å². The third-order valence-corrected chi connectivity index (χ3v) is 14.9. The third-order valence-electron chi connectivity index (χ3n) is 14.9. The Bertz CT molecular complexity index is 1890. The first-order valence-corrected chi connectivity index (χ1v) is 35.3. The minimum atomic E-state index is -1.52. The first-order valence-electron chi connectivity index (χ1n) is 35.3. The first-order chi connectivity index (χ1) is 42.6. The number of ether oxygens (including phenoxy) is 4. The molecule has 0 aliphatic carbocycles. The summed E-state index contributed by atoms with van der Waals surface area (Å²) < 4.78 is 23.0. The van der Waals surface area contributed by atoms with E-state index >= 15 is 0 Å². The van der Waals surface area contributed by atoms with Gasteiger partial charge in [-0.25, -0.2) is 4.79 Å². The number of nitrogens with zero attached hydrogens (tertiary/aromatic N) is 1. The van der Waals surface area contributed by atoms with Crippen LogP contribution in [-0.2, 0) is 33.3 Å². The standard InChI is InChI=1S/C78H131NO8/c1-6-8-10-12-14-16-18-20-22-24-26-28-30-32-33-34-35-36-37-38-39-40-41-42-43-45-47-49-51-53-55-57-59-61-63-65-67-69-76(81)87-74(73-86-78(77(82)83)84-71-70-79(3,4)5)72-85-75(80)68-66-64-62-60-58-56-54-52-50-48-46-44-31-29-27-25-23-21-19-17-15-13-11-9-7-2/h8,10,14,16,19-22,25-28,31-33,35-36,38-39,41-42,44,74,78H,6-7,9,11-13,15,17-18,23-24,29-30,34,37,40,43,45-73H2,1-5H3/p+1/b10-8-,16-14-,21-19-,22-20-,27-25-,28-26-,33-32-,36-35-,39-38-,42-41-,44-31-. The Labute approximate surface area is 535 Å². The number of quaternary nitrogens is 1. The molecular weight excluding hydrogens is 1080 g/mol. The summed E-state index contributed by atoms with van der Waals surface area (Å²) >= 11 is 0. The number of esters is 2. The lowest BCUT2D eigenvalue weighted by molar-refractivity contribution is -0.870. The molecule has 1 N–H and O–H groups in total. The van der Waals surface area contributed by atoms with Crippen LogP contribution in [-0.4, -0.2) is 87.4 Å². The summed E-state index contributed by atoms with van der Waals surface area (Å²) in [4.78, 5) is 37.6. The number of carboxylic acids is 1. The fourth-order valence-corrected chi connectivity index (χ4v) is 9.51. The minimum absolute atomic E-state index is 0.181. The van der Waals surface area contributed by atoms with Crippen molar-refractivity contribution in [1.29, 1.82) is 0 Å². The molecule has 0 saturated heterocycles. The highest BCUT2D eigenvalue weighted by Crippen LogP contribution is 2.16. The summed E-state index contributed by atoms with van der Waals surface area (Å²) in [6.45, 7) is 4.75. The summed E-state index contributed by atoms with van der Waals surface area (Å²) in [5.41, 5.74) is 0. The van der Waals surface area contributed by atoms with Crippen molar-refractivity contribution < 1.29 is 42.9 Å². The number of likely N-dealkylation sites (N-methyl/N-ethyl adjacent to an activating group) is 1. The van der Waals surface area contributed by atoms with Gasteiger partial charge in [-0.3, -0.25) is 9.59 Å². The van der Waals surface area contributed by atoms with Gasteiger partial charge < -0.3 is 28.5 Å². The summed E-state index contributed by atoms with van der Waals surface area (Å²) in [7, 11) is 5.97. The number of hydrogen-bond acceptors (Lipinski definition) is 7. The Morgan fingerprint density at radius 3 is 0.977 bits per heavy atom. The Morgan fingerprint density at radius 1 is 0.356 bits per heavy atom. The van der Waals surface area contributed by atoms with E-state index in [1.165, 1.54) is 148 Å². The van der Waals surface area contributed by atoms with E-state index in [0.29, 0.717) is 23.9 Å². The summed E-state index contributed by atoms with van der Waals surface area (Å²) in [5.74, 6) is -2.01. The van der Waals surface area contributed by atoms with Crippen LogP contribution in [0.4, 0.5) is 0 Å². The van der Waals surface area contributed by atoms with Crippen molar-refractivity contribution in [3.05, 3.63) is 134 Å². The van der Waals surface area contributed by atoms with Crippen LogP contribution >= 0.6 is 0 Å². The Kier molecular flexibility index (Phi) is 63.8. The van der Waals surface area contributed by atoms with E-state index in [4.69, 9.17) is 18.9 Å². The highest BCUT2D eigenvalue weighted by Gasteiger charge is 2.25. The zero-order chi connectivity index (χ0) is 63.3. The number of allylic oxidation sites excluding steroid dienone is 22. The second-order valence-electron chi connectivity index (χ2n) is 24.5. The van der Waals surface area contributed by atoms with Gasteiger partial charge in [0.25, 0.3) is 6.29 Å². The van der Waals surface area contributed by atoms with Crippen molar-refractivity contribution in [3.8, 4) is 0 Å². The minimum Gasteiger partial charge on any atom is -0.477 e. The van der Waals surface area contributed by atoms with Crippen molar-refractivity contribution in [2.45, 2.75) is 296 Å². The van der Waals surface area contributed by atoms with Crippen LogP contribution in [0.25, 0.3) is 0 Å². The molecule has 0 heterocycles. The molecule has 2 unspecified atom stereocenters. The normalized spacial score (nSPS) is 13.5. The summed E-state index contributed by atoms with van der Waals surface area (Å²) in [6, 6.07) is 0. The van der Waals surface area contributed by atoms with Crippen LogP contribution in [0.15, 0.2) is 134 Å². The van der Waals surface area contributed by atoms with E-state index in [2.05, 4.69) is 148 Å². The average molecular weight is 1210 g/mol. The number of hydrogen-bond donors (Lipinski definition) is 1. The summed E-state index contributed by atoms with van der Waals surface area (Å²) in [6.07, 6.45) is 94.1. The smallest absolute Gasteiger partial charge is 0.361 e. The van der Waals surface area contributed by atoms with E-state index in [-0.39, 0.29) is 32.2 Å². The molecule has 9 heteroatoms. The topological polar surface area (TPSA) is 108 Å². The van der Waals surface area contributed by atoms with Crippen LogP contribution < -0.4 is 0 Å². The molecule has 0 bridgehead atoms. The third kappa shape index (κ3) is 68.8. The van der Waals surface area contributed by atoms with Gasteiger partial charge in [0.1, 0.15) is 13.2 Å². The number of carbonyl (C=O) groups is 3. The number of carboxylic acid groups (broad SMARTS) is 1. The molecule has 0 radical (unpaired) electrons. The predicted molar refractivity (Wildman–Crippen MR) is 373 cm³/mol. The van der Waals surface area contributed by atoms with Gasteiger partial charge in [-0.1, -0.05) is 289 Å². The molecule has 0 aromatic heterocycles. The van der Waals surface area contributed by atoms with Gasteiger partial charge in [-0.2, -0.15) is 0 Å². The molecule has 0 saturated carbocycles. The molecule has 0 aromatic carbocycles. The zero-order valence-corrected chi connectivity index (χ0v) is 56.6. The van der Waals surface area contributed by atoms with Gasteiger partial charge in [0.05, 0.1) is 34.4 Å². The van der Waals surface area contributed by atoms with Gasteiger partial charge in [-0.15, -0.1) is 0 Å². The lowest BCUT2D eigenvalue weighted by Gasteiger charge is -2.25. The molecule has 87 heavy (non-hydrogen) atoms. The lowest BCUT2D eigenvalue weighted by atomic mass is 10.0. The predicted octanol–water partition coefficient (Wildman–Crippen LogP) is 22.1. The van der Waals surface area contributed by atoms with E-state index < -0.39 is 24.3 Å². The van der Waals surface area contributed by atoms with Crippen molar-refractivity contribution >= 4 is 17.9 Å². The lowest BCUT2D eigenvalue weighted by Crippen LogP contribution is -2.40. The molecule has 9 nitrogen and oxygen atoms in total. The Hall–Kier alpha value is -4.57. The molecule has 496 valence electrons. The molecule has 0 aliphatic rings. The monoisotopic (exact) mass is 1210 g/mol. The second-order valence-corrected chi connectivity index (χ2v) is 24.5. The maximum absolute atomic E-state index is 13.0. The molecule has 0 fully saturated rings. The van der Waals surface area contributed by atoms with Gasteiger partial charge in [0.15, 0.2) is 6.10 Å². The van der Waals surface area contributed by atoms with Gasteiger partial charge in [0.2, 0.25) is 0 Å². The molecule has 0 spiro atoms. The van der Waals surface area contributed by atoms with Crippen LogP contribution in [0, 0.1) is 0 Å². The van der Waals surface area contributed by atoms with Crippen molar-refractivity contribution in [1.82, 2.24) is 0 Å². The highest BCUT2D eigenvalue weighted by atomic mass is 16.7. The largest absolute Gasteiger partial charge is 0.477 e. The second kappa shape index (κ2) is 67.4. The van der Waals surface area contributed by atoms with Crippen LogP contribution in [0.2, 0.25) is 0 Å². The van der Waals surface area contributed by atoms with Crippen molar-refractivity contribution in [2.75, 3.05) is 47.5 Å². The highest BCUT2D eigenvalue weighted by molar-refractivity contribution is 5.71. The van der Waals surface area contributed by atoms with Crippen LogP contribution in [0.1, 0.15) is 284 Å². The van der Waals surface area contributed by atoms with E-state index in [1.54, 1.807) is 0 Å². The van der Waals surface area contributed by atoms with Crippen LogP contribution in [0.3, 0.4) is 0 Å². The van der Waals surface area contributed by atoms with Gasteiger partial charge in [-0.05, 0) is 116 Å². The quantitative estimate of drug-likeness (QED) is 0.0211. The zero-order valence-electron chi connectivity index (χ0n) is 56.6.